The zero-order valence-electron chi connectivity index (χ0n) is 18.3. The van der Waals surface area contributed by atoms with E-state index in [4.69, 9.17) is 16.6 Å². The van der Waals surface area contributed by atoms with E-state index in [0.717, 1.165) is 16.3 Å². The number of phenolic OH excluding ortho intramolecular Hbond substituents is 1. The normalized spacial score (nSPS) is 11.6. The molecule has 0 unspecified atom stereocenters. The molecule has 0 aliphatic carbocycles. The highest BCUT2D eigenvalue weighted by Gasteiger charge is 2.16. The number of amides is 1. The first-order valence-electron chi connectivity index (χ1n) is 10.7. The minimum Gasteiger partial charge on any atom is -0.507 e. The standard InChI is InChI=1S/C28H20ClN3O2/c1-17(19-15-14-18-8-2-3-9-20(18)27(19)33)31-32-28(34)23-16-26(22-11-4-6-12-24(22)29)30-25-13-7-5-10-21(23)25/h2-16,33H,1H3,(H,32,34)/b31-17-. The lowest BCUT2D eigenvalue weighted by molar-refractivity contribution is 0.0956. The van der Waals surface area contributed by atoms with E-state index in [9.17, 15) is 9.90 Å². The Morgan fingerprint density at radius 3 is 2.41 bits per heavy atom. The number of rotatable bonds is 4. The molecule has 0 radical (unpaired) electrons. The van der Waals surface area contributed by atoms with Crippen LogP contribution in [0.4, 0.5) is 0 Å². The van der Waals surface area contributed by atoms with E-state index >= 15 is 0 Å². The lowest BCUT2D eigenvalue weighted by Crippen LogP contribution is -2.20. The average molecular weight is 466 g/mol. The van der Waals surface area contributed by atoms with Crippen LogP contribution < -0.4 is 5.43 Å². The van der Waals surface area contributed by atoms with Crippen LogP contribution in [0, 0.1) is 0 Å². The third-order valence-corrected chi connectivity index (χ3v) is 6.06. The van der Waals surface area contributed by atoms with Crippen molar-refractivity contribution in [3.8, 4) is 17.0 Å². The van der Waals surface area contributed by atoms with Crippen molar-refractivity contribution in [1.29, 1.82) is 0 Å². The van der Waals surface area contributed by atoms with Gasteiger partial charge in [-0.05, 0) is 36.6 Å². The summed E-state index contributed by atoms with van der Waals surface area (Å²) in [7, 11) is 0. The van der Waals surface area contributed by atoms with Gasteiger partial charge in [0.1, 0.15) is 5.75 Å². The summed E-state index contributed by atoms with van der Waals surface area (Å²) in [4.78, 5) is 17.9. The van der Waals surface area contributed by atoms with Crippen LogP contribution in [0.5, 0.6) is 5.75 Å². The third-order valence-electron chi connectivity index (χ3n) is 5.73. The number of pyridine rings is 1. The van der Waals surface area contributed by atoms with Gasteiger partial charge in [-0.3, -0.25) is 4.79 Å². The number of carbonyl (C=O) groups is 1. The van der Waals surface area contributed by atoms with Gasteiger partial charge in [0.05, 0.1) is 22.5 Å². The number of aromatic hydroxyl groups is 1. The molecule has 0 saturated heterocycles. The highest BCUT2D eigenvalue weighted by atomic mass is 35.5. The molecule has 0 fully saturated rings. The number of phenols is 1. The van der Waals surface area contributed by atoms with E-state index in [1.807, 2.05) is 72.8 Å². The fraction of sp³-hybridized carbons (Fsp3) is 0.0357. The number of benzene rings is 4. The van der Waals surface area contributed by atoms with Crippen LogP contribution >= 0.6 is 11.6 Å². The Kier molecular flexibility index (Phi) is 5.70. The second kappa shape index (κ2) is 8.96. The van der Waals surface area contributed by atoms with Crippen LogP contribution in [0.1, 0.15) is 22.8 Å². The summed E-state index contributed by atoms with van der Waals surface area (Å²) >= 11 is 6.38. The van der Waals surface area contributed by atoms with Crippen LogP contribution in [0.25, 0.3) is 32.9 Å². The molecule has 0 saturated carbocycles. The molecule has 1 amide bonds. The van der Waals surface area contributed by atoms with Gasteiger partial charge in [0.25, 0.3) is 5.91 Å². The number of fused-ring (bicyclic) bond motifs is 2. The average Bonchev–Trinajstić information content (AvgIpc) is 2.87. The van der Waals surface area contributed by atoms with E-state index < -0.39 is 0 Å². The fourth-order valence-corrected chi connectivity index (χ4v) is 4.20. The predicted molar refractivity (Wildman–Crippen MR) is 137 cm³/mol. The zero-order valence-corrected chi connectivity index (χ0v) is 19.0. The first-order chi connectivity index (χ1) is 16.5. The van der Waals surface area contributed by atoms with Crippen LogP contribution in [-0.2, 0) is 0 Å². The van der Waals surface area contributed by atoms with Crippen molar-refractivity contribution in [2.75, 3.05) is 0 Å². The Morgan fingerprint density at radius 2 is 1.59 bits per heavy atom. The number of hydrazone groups is 1. The summed E-state index contributed by atoms with van der Waals surface area (Å²) in [5.41, 5.74) is 6.12. The van der Waals surface area contributed by atoms with Crippen LogP contribution in [0.15, 0.2) is 96.1 Å². The largest absolute Gasteiger partial charge is 0.507 e. The van der Waals surface area contributed by atoms with Gasteiger partial charge in [0.2, 0.25) is 0 Å². The number of para-hydroxylation sites is 1. The van der Waals surface area contributed by atoms with Crippen LogP contribution in [0.3, 0.4) is 0 Å². The van der Waals surface area contributed by atoms with Gasteiger partial charge in [-0.15, -0.1) is 0 Å². The van der Waals surface area contributed by atoms with Gasteiger partial charge in [0.15, 0.2) is 0 Å². The molecule has 166 valence electrons. The molecule has 5 nitrogen and oxygen atoms in total. The van der Waals surface area contributed by atoms with Crippen molar-refractivity contribution < 1.29 is 9.90 Å². The number of nitrogens with zero attached hydrogens (tertiary/aromatic N) is 2. The summed E-state index contributed by atoms with van der Waals surface area (Å²) in [5.74, 6) is -0.254. The molecule has 5 aromatic rings. The lowest BCUT2D eigenvalue weighted by Gasteiger charge is -2.11. The molecule has 6 heteroatoms. The quantitative estimate of drug-likeness (QED) is 0.233. The number of aromatic nitrogens is 1. The summed E-state index contributed by atoms with van der Waals surface area (Å²) in [6, 6.07) is 27.8. The maximum Gasteiger partial charge on any atom is 0.272 e. The van der Waals surface area contributed by atoms with Crippen LogP contribution in [0.2, 0.25) is 5.02 Å². The topological polar surface area (TPSA) is 74.6 Å². The minimum atomic E-state index is -0.383. The molecule has 0 atom stereocenters. The van der Waals surface area contributed by atoms with Crippen molar-refractivity contribution in [3.63, 3.8) is 0 Å². The number of hydrogen-bond donors (Lipinski definition) is 2. The maximum atomic E-state index is 13.2. The summed E-state index contributed by atoms with van der Waals surface area (Å²) in [5, 5.41) is 17.9. The molecule has 1 aromatic heterocycles. The van der Waals surface area contributed by atoms with Crippen molar-refractivity contribution in [2.45, 2.75) is 6.92 Å². The summed E-state index contributed by atoms with van der Waals surface area (Å²) < 4.78 is 0. The van der Waals surface area contributed by atoms with Gasteiger partial charge in [-0.1, -0.05) is 78.3 Å². The Labute approximate surface area is 201 Å². The smallest absolute Gasteiger partial charge is 0.272 e. The second-order valence-electron chi connectivity index (χ2n) is 7.87. The van der Waals surface area contributed by atoms with E-state index in [1.165, 1.54) is 0 Å². The molecule has 0 aliphatic rings. The van der Waals surface area contributed by atoms with Crippen LogP contribution in [-0.4, -0.2) is 21.7 Å². The van der Waals surface area contributed by atoms with Crippen molar-refractivity contribution in [1.82, 2.24) is 10.4 Å². The van der Waals surface area contributed by atoms with Gasteiger partial charge < -0.3 is 5.11 Å². The Bertz CT molecular complexity index is 1590. The number of carbonyl (C=O) groups excluding carboxylic acids is 1. The van der Waals surface area contributed by atoms with Gasteiger partial charge in [-0.2, -0.15) is 5.10 Å². The molecule has 0 aliphatic heterocycles. The first kappa shape index (κ1) is 21.6. The highest BCUT2D eigenvalue weighted by molar-refractivity contribution is 6.33. The fourth-order valence-electron chi connectivity index (χ4n) is 3.97. The summed E-state index contributed by atoms with van der Waals surface area (Å²) in [6.07, 6.45) is 0. The van der Waals surface area contributed by atoms with E-state index in [2.05, 4.69) is 10.5 Å². The Hall–Kier alpha value is -4.22. The molecule has 1 heterocycles. The third kappa shape index (κ3) is 3.98. The van der Waals surface area contributed by atoms with Gasteiger partial charge in [0, 0.05) is 26.9 Å². The van der Waals surface area contributed by atoms with Gasteiger partial charge in [-0.25, -0.2) is 10.4 Å². The predicted octanol–water partition coefficient (Wildman–Crippen LogP) is 6.57. The van der Waals surface area contributed by atoms with Crippen molar-refractivity contribution >= 4 is 44.9 Å². The molecule has 0 bridgehead atoms. The monoisotopic (exact) mass is 465 g/mol. The van der Waals surface area contributed by atoms with E-state index in [1.54, 1.807) is 25.1 Å². The molecular formula is C28H20ClN3O2. The molecule has 0 spiro atoms. The molecule has 2 N–H and O–H groups in total. The highest BCUT2D eigenvalue weighted by Crippen LogP contribution is 2.30. The zero-order chi connectivity index (χ0) is 23.7. The minimum absolute atomic E-state index is 0.129. The Morgan fingerprint density at radius 1 is 0.882 bits per heavy atom. The summed E-state index contributed by atoms with van der Waals surface area (Å²) in [6.45, 7) is 1.74. The maximum absolute atomic E-state index is 13.2. The number of halogens is 1. The first-order valence-corrected chi connectivity index (χ1v) is 11.1. The number of hydrogen-bond acceptors (Lipinski definition) is 4. The molecule has 5 rings (SSSR count). The molecular weight excluding hydrogens is 446 g/mol. The lowest BCUT2D eigenvalue weighted by atomic mass is 10.0. The Balaban J connectivity index is 1.52. The van der Waals surface area contributed by atoms with Crippen molar-refractivity contribution in [3.05, 3.63) is 107 Å². The van der Waals surface area contributed by atoms with Crippen molar-refractivity contribution in [2.24, 2.45) is 5.10 Å². The molecule has 4 aromatic carbocycles. The second-order valence-corrected chi connectivity index (χ2v) is 8.28. The molecule has 34 heavy (non-hydrogen) atoms. The SMILES string of the molecule is C/C(=N/NC(=O)c1cc(-c2ccccc2Cl)nc2ccccc12)c1ccc2ccccc2c1O. The van der Waals surface area contributed by atoms with E-state index in [-0.39, 0.29) is 11.7 Å². The van der Waals surface area contributed by atoms with E-state index in [0.29, 0.717) is 38.5 Å². The van der Waals surface area contributed by atoms with Gasteiger partial charge >= 0.3 is 0 Å². The number of nitrogens with one attached hydrogen (secondary N) is 1.